The lowest BCUT2D eigenvalue weighted by Gasteiger charge is -2.29. The van der Waals surface area contributed by atoms with Crippen molar-refractivity contribution in [2.75, 3.05) is 13.1 Å². The molecule has 1 aromatic rings. The molecule has 0 aromatic heterocycles. The van der Waals surface area contributed by atoms with Crippen LogP contribution in [0.4, 0.5) is 0 Å². The maximum Gasteiger partial charge on any atom is 0.255 e. The lowest BCUT2D eigenvalue weighted by molar-refractivity contribution is -0.136. The van der Waals surface area contributed by atoms with E-state index in [1.165, 1.54) is 5.56 Å². The minimum Gasteiger partial charge on any atom is -0.322 e. The number of carbonyl (C=O) groups is 3. The number of benzene rings is 1. The number of imide groups is 1. The van der Waals surface area contributed by atoms with Crippen LogP contribution >= 0.6 is 0 Å². The Labute approximate surface area is 134 Å². The lowest BCUT2D eigenvalue weighted by atomic mass is 9.95. The van der Waals surface area contributed by atoms with Gasteiger partial charge < -0.3 is 10.2 Å². The first-order valence-corrected chi connectivity index (χ1v) is 8.11. The van der Waals surface area contributed by atoms with Crippen molar-refractivity contribution in [2.24, 2.45) is 0 Å². The van der Waals surface area contributed by atoms with Crippen molar-refractivity contribution < 1.29 is 14.4 Å². The summed E-state index contributed by atoms with van der Waals surface area (Å²) < 4.78 is 0. The van der Waals surface area contributed by atoms with Gasteiger partial charge in [0.25, 0.3) is 5.91 Å². The molecule has 2 fully saturated rings. The van der Waals surface area contributed by atoms with Gasteiger partial charge >= 0.3 is 0 Å². The van der Waals surface area contributed by atoms with Crippen molar-refractivity contribution in [1.29, 1.82) is 0 Å². The average Bonchev–Trinajstić information content (AvgIpc) is 3.16. The lowest BCUT2D eigenvalue weighted by Crippen LogP contribution is -2.52. The number of fused-ring (bicyclic) bond motifs is 1. The molecule has 2 atom stereocenters. The number of nitrogens with one attached hydrogen (secondary N) is 2. The minimum atomic E-state index is -0.538. The van der Waals surface area contributed by atoms with E-state index in [4.69, 9.17) is 0 Å². The molecule has 1 aromatic carbocycles. The molecule has 3 heterocycles. The van der Waals surface area contributed by atoms with E-state index in [2.05, 4.69) is 16.7 Å². The Morgan fingerprint density at radius 1 is 1.13 bits per heavy atom. The zero-order valence-electron chi connectivity index (χ0n) is 12.8. The van der Waals surface area contributed by atoms with Crippen molar-refractivity contribution in [2.45, 2.75) is 37.8 Å². The molecule has 3 aliphatic rings. The molecular weight excluding hydrogens is 294 g/mol. The summed E-state index contributed by atoms with van der Waals surface area (Å²) in [4.78, 5) is 37.5. The van der Waals surface area contributed by atoms with Gasteiger partial charge in [0.15, 0.2) is 0 Å². The minimum absolute atomic E-state index is 0.106. The number of amides is 3. The fraction of sp³-hybridized carbons (Fsp3) is 0.471. The van der Waals surface area contributed by atoms with Gasteiger partial charge in [-0.15, -0.1) is 0 Å². The number of hydrogen-bond acceptors (Lipinski definition) is 4. The summed E-state index contributed by atoms with van der Waals surface area (Å²) in [5.74, 6) is -0.222. The molecule has 2 N–H and O–H groups in total. The summed E-state index contributed by atoms with van der Waals surface area (Å²) in [6, 6.07) is 5.49. The maximum absolute atomic E-state index is 12.6. The molecular formula is C17H19N3O3. The Hall–Kier alpha value is -2.21. The average molecular weight is 313 g/mol. The molecule has 23 heavy (non-hydrogen) atoms. The molecule has 6 heteroatoms. The number of piperidine rings is 1. The molecule has 6 nitrogen and oxygen atoms in total. The van der Waals surface area contributed by atoms with Crippen LogP contribution in [0.2, 0.25) is 0 Å². The molecule has 3 aliphatic heterocycles. The summed E-state index contributed by atoms with van der Waals surface area (Å²) in [6.45, 7) is 2.46. The second-order valence-electron chi connectivity index (χ2n) is 6.51. The fourth-order valence-electron chi connectivity index (χ4n) is 3.79. The monoisotopic (exact) mass is 313 g/mol. The van der Waals surface area contributed by atoms with Crippen LogP contribution in [0.5, 0.6) is 0 Å². The highest BCUT2D eigenvalue weighted by Crippen LogP contribution is 2.31. The third kappa shape index (κ3) is 2.43. The largest absolute Gasteiger partial charge is 0.322 e. The second kappa shape index (κ2) is 5.45. The van der Waals surface area contributed by atoms with Crippen molar-refractivity contribution in [3.63, 3.8) is 0 Å². The first kappa shape index (κ1) is 14.4. The van der Waals surface area contributed by atoms with Gasteiger partial charge in [0.2, 0.25) is 11.8 Å². The molecule has 1 unspecified atom stereocenters. The Morgan fingerprint density at radius 3 is 2.74 bits per heavy atom. The van der Waals surface area contributed by atoms with Gasteiger partial charge in [0.05, 0.1) is 0 Å². The van der Waals surface area contributed by atoms with E-state index >= 15 is 0 Å². The van der Waals surface area contributed by atoms with Crippen LogP contribution in [0, 0.1) is 0 Å². The predicted molar refractivity (Wildman–Crippen MR) is 82.7 cm³/mol. The summed E-state index contributed by atoms with van der Waals surface area (Å²) in [5, 5.41) is 5.69. The maximum atomic E-state index is 12.6. The smallest absolute Gasteiger partial charge is 0.255 e. The van der Waals surface area contributed by atoms with E-state index < -0.39 is 6.04 Å². The fourth-order valence-corrected chi connectivity index (χ4v) is 3.79. The zero-order valence-corrected chi connectivity index (χ0v) is 12.8. The molecule has 0 spiro atoms. The van der Waals surface area contributed by atoms with E-state index in [-0.39, 0.29) is 24.1 Å². The van der Waals surface area contributed by atoms with Gasteiger partial charge in [-0.2, -0.15) is 0 Å². The zero-order chi connectivity index (χ0) is 16.0. The second-order valence-corrected chi connectivity index (χ2v) is 6.51. The van der Waals surface area contributed by atoms with Crippen LogP contribution < -0.4 is 10.6 Å². The Kier molecular flexibility index (Phi) is 3.41. The van der Waals surface area contributed by atoms with Crippen LogP contribution in [0.15, 0.2) is 18.2 Å². The predicted octanol–water partition coefficient (Wildman–Crippen LogP) is 0.525. The summed E-state index contributed by atoms with van der Waals surface area (Å²) in [5.41, 5.74) is 2.93. The molecule has 2 saturated heterocycles. The molecule has 4 rings (SSSR count). The number of rotatable bonds is 2. The van der Waals surface area contributed by atoms with E-state index in [0.717, 1.165) is 25.1 Å². The molecule has 0 radical (unpaired) electrons. The van der Waals surface area contributed by atoms with Crippen molar-refractivity contribution in [3.05, 3.63) is 34.9 Å². The summed E-state index contributed by atoms with van der Waals surface area (Å²) in [7, 11) is 0. The summed E-state index contributed by atoms with van der Waals surface area (Å²) >= 11 is 0. The quantitative estimate of drug-likeness (QED) is 0.781. The highest BCUT2D eigenvalue weighted by atomic mass is 16.2. The SMILES string of the molecule is O=C1CCC(N2Cc3cc([C@@H]4CCNC4)ccc3C2=O)C(=O)N1. The van der Waals surface area contributed by atoms with Gasteiger partial charge in [-0.3, -0.25) is 19.7 Å². The van der Waals surface area contributed by atoms with Gasteiger partial charge in [0, 0.05) is 25.1 Å². The normalized spacial score (nSPS) is 27.3. The highest BCUT2D eigenvalue weighted by Gasteiger charge is 2.39. The molecule has 0 aliphatic carbocycles. The van der Waals surface area contributed by atoms with E-state index in [9.17, 15) is 14.4 Å². The molecule has 3 amide bonds. The van der Waals surface area contributed by atoms with E-state index in [0.29, 0.717) is 24.4 Å². The van der Waals surface area contributed by atoms with Crippen molar-refractivity contribution >= 4 is 17.7 Å². The Balaban J connectivity index is 1.57. The third-order valence-corrected chi connectivity index (χ3v) is 5.08. The van der Waals surface area contributed by atoms with Crippen molar-refractivity contribution in [1.82, 2.24) is 15.5 Å². The first-order chi connectivity index (χ1) is 11.1. The Morgan fingerprint density at radius 2 is 2.00 bits per heavy atom. The van der Waals surface area contributed by atoms with E-state index in [1.807, 2.05) is 12.1 Å². The number of hydrogen-bond donors (Lipinski definition) is 2. The van der Waals surface area contributed by atoms with Crippen LogP contribution in [0.3, 0.4) is 0 Å². The number of nitrogens with zero attached hydrogens (tertiary/aromatic N) is 1. The molecule has 0 saturated carbocycles. The molecule has 120 valence electrons. The van der Waals surface area contributed by atoms with Crippen LogP contribution in [0.1, 0.15) is 46.7 Å². The van der Waals surface area contributed by atoms with E-state index in [1.54, 1.807) is 4.90 Å². The Bertz CT molecular complexity index is 694. The first-order valence-electron chi connectivity index (χ1n) is 8.11. The standard InChI is InChI=1S/C17H19N3O3/c21-15-4-3-14(16(22)19-15)20-9-12-7-10(11-5-6-18-8-11)1-2-13(12)17(20)23/h1-2,7,11,14,18H,3-6,8-9H2,(H,19,21,22)/t11-,14?/m1/s1. The van der Waals surface area contributed by atoms with Crippen molar-refractivity contribution in [3.8, 4) is 0 Å². The van der Waals surface area contributed by atoms with Gasteiger partial charge in [-0.25, -0.2) is 0 Å². The van der Waals surface area contributed by atoms with Crippen LogP contribution in [-0.4, -0.2) is 41.8 Å². The highest BCUT2D eigenvalue weighted by molar-refractivity contribution is 6.05. The van der Waals surface area contributed by atoms with Gasteiger partial charge in [0.1, 0.15) is 6.04 Å². The summed E-state index contributed by atoms with van der Waals surface area (Å²) in [6.07, 6.45) is 1.81. The number of carbonyl (C=O) groups excluding carboxylic acids is 3. The van der Waals surface area contributed by atoms with Gasteiger partial charge in [-0.05, 0) is 42.5 Å². The van der Waals surface area contributed by atoms with Gasteiger partial charge in [-0.1, -0.05) is 12.1 Å². The molecule has 0 bridgehead atoms. The topological polar surface area (TPSA) is 78.5 Å². The third-order valence-electron chi connectivity index (χ3n) is 5.08. The van der Waals surface area contributed by atoms with Crippen LogP contribution in [0.25, 0.3) is 0 Å². The van der Waals surface area contributed by atoms with Crippen LogP contribution in [-0.2, 0) is 16.1 Å².